The largest absolute Gasteiger partial charge is 0.497 e. The van der Waals surface area contributed by atoms with Crippen LogP contribution in [-0.4, -0.2) is 11.1 Å². The van der Waals surface area contributed by atoms with Crippen molar-refractivity contribution in [2.75, 3.05) is 7.11 Å². The van der Waals surface area contributed by atoms with Crippen molar-refractivity contribution in [3.63, 3.8) is 0 Å². The third kappa shape index (κ3) is 2.34. The van der Waals surface area contributed by atoms with E-state index < -0.39 is 0 Å². The summed E-state index contributed by atoms with van der Waals surface area (Å²) in [5.74, 6) is 0.901. The Morgan fingerprint density at radius 2 is 1.84 bits per heavy atom. The van der Waals surface area contributed by atoms with Gasteiger partial charge in [0, 0.05) is 22.5 Å². The molecule has 3 aromatic rings. The van der Waals surface area contributed by atoms with Crippen molar-refractivity contribution in [3.8, 4) is 5.75 Å². The van der Waals surface area contributed by atoms with Crippen LogP contribution in [0.15, 0.2) is 59.6 Å². The molecule has 0 radical (unpaired) electrons. The van der Waals surface area contributed by atoms with E-state index in [-0.39, 0.29) is 0 Å². The summed E-state index contributed by atoms with van der Waals surface area (Å²) in [5.41, 5.74) is 2.42. The molecule has 0 aliphatic heterocycles. The van der Waals surface area contributed by atoms with Crippen LogP contribution in [0.5, 0.6) is 5.75 Å². The van der Waals surface area contributed by atoms with E-state index in [9.17, 15) is 0 Å². The van der Waals surface area contributed by atoms with Gasteiger partial charge < -0.3 is 4.74 Å². The van der Waals surface area contributed by atoms with Gasteiger partial charge in [0.1, 0.15) is 5.75 Å². The first-order chi connectivity index (χ1) is 9.28. The molecule has 0 amide bonds. The fourth-order valence-corrected chi connectivity index (χ4v) is 3.04. The normalized spacial score (nSPS) is 10.8. The first kappa shape index (κ1) is 12.2. The number of nitrogens with zero attached hydrogens (tertiary/aromatic N) is 1. The molecule has 0 bridgehead atoms. The molecule has 3 rings (SSSR count). The molecule has 19 heavy (non-hydrogen) atoms. The van der Waals surface area contributed by atoms with Crippen molar-refractivity contribution in [3.05, 3.63) is 60.3 Å². The summed E-state index contributed by atoms with van der Waals surface area (Å²) in [5, 5.41) is 1.27. The Morgan fingerprint density at radius 1 is 1.05 bits per heavy atom. The van der Waals surface area contributed by atoms with Gasteiger partial charge in [0.05, 0.1) is 12.6 Å². The molecule has 0 saturated heterocycles. The van der Waals surface area contributed by atoms with Gasteiger partial charge in [-0.1, -0.05) is 18.2 Å². The van der Waals surface area contributed by atoms with Crippen LogP contribution in [0.25, 0.3) is 10.9 Å². The van der Waals surface area contributed by atoms with Crippen molar-refractivity contribution in [2.45, 2.75) is 11.8 Å². The zero-order valence-electron chi connectivity index (χ0n) is 11.0. The number of aryl methyl sites for hydroxylation is 1. The van der Waals surface area contributed by atoms with Crippen molar-refractivity contribution < 1.29 is 4.74 Å². The summed E-state index contributed by atoms with van der Waals surface area (Å²) >= 11 is 1.71. The molecule has 0 aliphatic carbocycles. The van der Waals surface area contributed by atoms with Crippen LogP contribution in [0, 0.1) is 6.92 Å². The van der Waals surface area contributed by atoms with E-state index in [1.807, 2.05) is 6.07 Å². The lowest BCUT2D eigenvalue weighted by Crippen LogP contribution is -1.88. The second-order valence-electron chi connectivity index (χ2n) is 4.42. The maximum absolute atomic E-state index is 5.36. The number of rotatable bonds is 3. The second-order valence-corrected chi connectivity index (χ2v) is 5.47. The van der Waals surface area contributed by atoms with Gasteiger partial charge in [-0.05, 0) is 48.7 Å². The minimum Gasteiger partial charge on any atom is -0.497 e. The molecule has 0 atom stereocenters. The third-order valence-electron chi connectivity index (χ3n) is 3.14. The molecular formula is C16H15NOS. The summed E-state index contributed by atoms with van der Waals surface area (Å²) in [6.45, 7) is 2.11. The van der Waals surface area contributed by atoms with E-state index >= 15 is 0 Å². The predicted octanol–water partition coefficient (Wildman–Crippen LogP) is 4.51. The van der Waals surface area contributed by atoms with Gasteiger partial charge >= 0.3 is 0 Å². The number of fused-ring (bicyclic) bond motifs is 1. The van der Waals surface area contributed by atoms with E-state index in [1.54, 1.807) is 19.1 Å². The summed E-state index contributed by atoms with van der Waals surface area (Å²) < 4.78 is 7.54. The van der Waals surface area contributed by atoms with Gasteiger partial charge in [-0.3, -0.25) is 3.97 Å². The monoisotopic (exact) mass is 269 g/mol. The lowest BCUT2D eigenvalue weighted by Gasteiger charge is -2.07. The van der Waals surface area contributed by atoms with Gasteiger partial charge in [0.2, 0.25) is 0 Å². The molecule has 0 N–H and O–H groups in total. The van der Waals surface area contributed by atoms with Gasteiger partial charge in [0.25, 0.3) is 0 Å². The second kappa shape index (κ2) is 5.02. The fourth-order valence-electron chi connectivity index (χ4n) is 2.16. The van der Waals surface area contributed by atoms with Crippen LogP contribution in [-0.2, 0) is 0 Å². The molecule has 1 heterocycles. The maximum atomic E-state index is 5.36. The Labute approximate surface area is 117 Å². The Kier molecular flexibility index (Phi) is 3.22. The number of ether oxygens (including phenoxy) is 1. The molecule has 3 heteroatoms. The molecule has 0 aliphatic rings. The molecular weight excluding hydrogens is 254 g/mol. The highest BCUT2D eigenvalue weighted by Crippen LogP contribution is 2.31. The van der Waals surface area contributed by atoms with Crippen LogP contribution in [0.3, 0.4) is 0 Å². The van der Waals surface area contributed by atoms with Gasteiger partial charge in [-0.15, -0.1) is 0 Å². The first-order valence-electron chi connectivity index (χ1n) is 6.17. The lowest BCUT2D eigenvalue weighted by atomic mass is 10.1. The van der Waals surface area contributed by atoms with Crippen LogP contribution < -0.4 is 4.74 Å². The molecule has 0 saturated carbocycles. The fraction of sp³-hybridized carbons (Fsp3) is 0.125. The van der Waals surface area contributed by atoms with E-state index in [0.717, 1.165) is 5.75 Å². The predicted molar refractivity (Wildman–Crippen MR) is 80.9 cm³/mol. The van der Waals surface area contributed by atoms with Crippen LogP contribution >= 0.6 is 11.9 Å². The third-order valence-corrected chi connectivity index (χ3v) is 4.13. The van der Waals surface area contributed by atoms with Crippen molar-refractivity contribution in [2.24, 2.45) is 0 Å². The zero-order valence-corrected chi connectivity index (χ0v) is 11.8. The number of hydrogen-bond acceptors (Lipinski definition) is 2. The maximum Gasteiger partial charge on any atom is 0.121 e. The number of aromatic nitrogens is 1. The number of hydrogen-bond donors (Lipinski definition) is 0. The highest BCUT2D eigenvalue weighted by atomic mass is 32.2. The lowest BCUT2D eigenvalue weighted by molar-refractivity contribution is 0.415. The molecule has 0 unspecified atom stereocenters. The Morgan fingerprint density at radius 3 is 2.58 bits per heavy atom. The van der Waals surface area contributed by atoms with E-state index in [2.05, 4.69) is 59.6 Å². The number of methoxy groups -OCH3 is 1. The van der Waals surface area contributed by atoms with Crippen LogP contribution in [0.1, 0.15) is 5.56 Å². The highest BCUT2D eigenvalue weighted by Gasteiger charge is 2.07. The summed E-state index contributed by atoms with van der Waals surface area (Å²) in [6.07, 6.45) is 2.11. The van der Waals surface area contributed by atoms with Gasteiger partial charge in [0.15, 0.2) is 0 Å². The molecule has 0 spiro atoms. The summed E-state index contributed by atoms with van der Waals surface area (Å²) in [6, 6.07) is 16.7. The minimum atomic E-state index is 0.901. The van der Waals surface area contributed by atoms with Crippen LogP contribution in [0.4, 0.5) is 0 Å². The topological polar surface area (TPSA) is 14.2 Å². The Balaban J connectivity index is 2.07. The average Bonchev–Trinajstić information content (AvgIpc) is 2.83. The van der Waals surface area contributed by atoms with Crippen molar-refractivity contribution in [1.29, 1.82) is 0 Å². The first-order valence-corrected chi connectivity index (χ1v) is 6.94. The van der Waals surface area contributed by atoms with Crippen LogP contribution in [0.2, 0.25) is 0 Å². The average molecular weight is 269 g/mol. The van der Waals surface area contributed by atoms with E-state index in [1.165, 1.54) is 21.4 Å². The highest BCUT2D eigenvalue weighted by molar-refractivity contribution is 7.98. The molecule has 1 aromatic heterocycles. The smallest absolute Gasteiger partial charge is 0.121 e. The van der Waals surface area contributed by atoms with Gasteiger partial charge in [-0.2, -0.15) is 0 Å². The number of benzene rings is 2. The van der Waals surface area contributed by atoms with Crippen molar-refractivity contribution in [1.82, 2.24) is 3.97 Å². The molecule has 0 fully saturated rings. The zero-order chi connectivity index (χ0) is 13.2. The quantitative estimate of drug-likeness (QED) is 0.694. The Bertz CT molecular complexity index is 703. The van der Waals surface area contributed by atoms with E-state index in [0.29, 0.717) is 0 Å². The Hall–Kier alpha value is -1.87. The summed E-state index contributed by atoms with van der Waals surface area (Å²) in [7, 11) is 1.71. The summed E-state index contributed by atoms with van der Waals surface area (Å²) in [4.78, 5) is 1.22. The van der Waals surface area contributed by atoms with E-state index in [4.69, 9.17) is 4.74 Å². The molecule has 2 aromatic carbocycles. The minimum absolute atomic E-state index is 0.901. The molecule has 96 valence electrons. The SMILES string of the molecule is COc1cc(C)c2ccn(Sc3ccccc3)c2c1. The van der Waals surface area contributed by atoms with Crippen molar-refractivity contribution >= 4 is 22.9 Å². The van der Waals surface area contributed by atoms with Gasteiger partial charge in [-0.25, -0.2) is 0 Å². The standard InChI is InChI=1S/C16H15NOS/c1-12-10-13(18-2)11-16-15(12)8-9-17(16)19-14-6-4-3-5-7-14/h3-11H,1-2H3. The molecule has 2 nitrogen and oxygen atoms in total.